The number of aromatic nitrogens is 1. The fraction of sp³-hybridized carbons (Fsp3) is 0.364. The molecule has 2 aromatic rings. The first-order chi connectivity index (χ1) is 13.7. The maximum absolute atomic E-state index is 12.8. The Morgan fingerprint density at radius 1 is 1.11 bits per heavy atom. The molecular formula is C22H21N3O3. The Hall–Kier alpha value is -3.20. The molecule has 2 atom stereocenters. The maximum atomic E-state index is 12.8. The van der Waals surface area contributed by atoms with Gasteiger partial charge in [0.1, 0.15) is 18.4 Å². The van der Waals surface area contributed by atoms with Gasteiger partial charge in [0.25, 0.3) is 0 Å². The molecule has 2 bridgehead atoms. The molecule has 6 nitrogen and oxygen atoms in total. The van der Waals surface area contributed by atoms with Crippen LogP contribution in [0.25, 0.3) is 0 Å². The number of carbonyl (C=O) groups is 2. The van der Waals surface area contributed by atoms with E-state index in [1.165, 1.54) is 6.20 Å². The third-order valence-electron chi connectivity index (χ3n) is 5.68. The number of hydrogen-bond acceptors (Lipinski definition) is 5. The standard InChI is InChI=1S/C22H21N3O3/c23-12-18-7-6-16(13-24-18)21(26)17-10-19-8-9-20(11-17)25(19)22(27)28-14-15-4-2-1-3-5-15/h1-7,13,17,19-20H,8-11,14H2. The number of carbonyl (C=O) groups excluding carboxylic acids is 2. The lowest BCUT2D eigenvalue weighted by molar-refractivity contribution is 0.0485. The molecule has 2 aliphatic rings. The molecule has 2 unspecified atom stereocenters. The van der Waals surface area contributed by atoms with Gasteiger partial charge in [-0.3, -0.25) is 4.79 Å². The third-order valence-corrected chi connectivity index (χ3v) is 5.68. The van der Waals surface area contributed by atoms with E-state index in [-0.39, 0.29) is 36.5 Å². The Kier molecular flexibility index (Phi) is 5.07. The Balaban J connectivity index is 1.39. The average Bonchev–Trinajstić information content (AvgIpc) is 3.01. The molecule has 3 heterocycles. The van der Waals surface area contributed by atoms with E-state index >= 15 is 0 Å². The van der Waals surface area contributed by atoms with E-state index in [9.17, 15) is 9.59 Å². The van der Waals surface area contributed by atoms with Crippen molar-refractivity contribution in [3.8, 4) is 6.07 Å². The number of ketones is 1. The minimum Gasteiger partial charge on any atom is -0.445 e. The van der Waals surface area contributed by atoms with Crippen LogP contribution < -0.4 is 0 Å². The molecule has 1 amide bonds. The van der Waals surface area contributed by atoms with Crippen LogP contribution in [0.15, 0.2) is 48.7 Å². The topological polar surface area (TPSA) is 83.3 Å². The summed E-state index contributed by atoms with van der Waals surface area (Å²) in [6.45, 7) is 0.259. The predicted octanol–water partition coefficient (Wildman–Crippen LogP) is 3.72. The molecule has 2 saturated heterocycles. The molecule has 6 heteroatoms. The van der Waals surface area contributed by atoms with Gasteiger partial charge in [-0.05, 0) is 43.4 Å². The van der Waals surface area contributed by atoms with Crippen molar-refractivity contribution in [2.75, 3.05) is 0 Å². The molecule has 0 N–H and O–H groups in total. The van der Waals surface area contributed by atoms with Crippen molar-refractivity contribution in [2.45, 2.75) is 44.4 Å². The predicted molar refractivity (Wildman–Crippen MR) is 101 cm³/mol. The number of pyridine rings is 1. The van der Waals surface area contributed by atoms with E-state index in [0.29, 0.717) is 24.1 Å². The van der Waals surface area contributed by atoms with Gasteiger partial charge in [-0.25, -0.2) is 9.78 Å². The van der Waals surface area contributed by atoms with Crippen molar-refractivity contribution in [1.82, 2.24) is 9.88 Å². The molecule has 0 spiro atoms. The van der Waals surface area contributed by atoms with Gasteiger partial charge in [0, 0.05) is 29.8 Å². The van der Waals surface area contributed by atoms with Crippen LogP contribution in [-0.2, 0) is 11.3 Å². The number of piperidine rings is 1. The van der Waals surface area contributed by atoms with Gasteiger partial charge < -0.3 is 9.64 Å². The first-order valence-electron chi connectivity index (χ1n) is 9.55. The Bertz CT molecular complexity index is 891. The molecule has 0 aliphatic carbocycles. The number of nitrogens with zero attached hydrogens (tertiary/aromatic N) is 3. The number of benzene rings is 1. The highest BCUT2D eigenvalue weighted by molar-refractivity contribution is 5.97. The van der Waals surface area contributed by atoms with Crippen molar-refractivity contribution in [3.05, 3.63) is 65.5 Å². The number of hydrogen-bond donors (Lipinski definition) is 0. The minimum absolute atomic E-state index is 0.0438. The first kappa shape index (κ1) is 18.2. The number of rotatable bonds is 4. The second-order valence-electron chi connectivity index (χ2n) is 7.41. The van der Waals surface area contributed by atoms with Gasteiger partial charge in [0.05, 0.1) is 0 Å². The Morgan fingerprint density at radius 2 is 1.82 bits per heavy atom. The molecule has 0 radical (unpaired) electrons. The lowest BCUT2D eigenvalue weighted by atomic mass is 9.85. The van der Waals surface area contributed by atoms with Gasteiger partial charge >= 0.3 is 6.09 Å². The van der Waals surface area contributed by atoms with Gasteiger partial charge in [-0.15, -0.1) is 0 Å². The second kappa shape index (κ2) is 7.81. The van der Waals surface area contributed by atoms with Crippen LogP contribution in [-0.4, -0.2) is 33.8 Å². The normalized spacial score (nSPS) is 23.1. The van der Waals surface area contributed by atoms with Gasteiger partial charge in [0.15, 0.2) is 5.78 Å². The van der Waals surface area contributed by atoms with Crippen molar-refractivity contribution >= 4 is 11.9 Å². The summed E-state index contributed by atoms with van der Waals surface area (Å²) in [5.41, 5.74) is 1.79. The zero-order valence-electron chi connectivity index (χ0n) is 15.5. The number of amides is 1. The Labute approximate surface area is 163 Å². The highest BCUT2D eigenvalue weighted by Crippen LogP contribution is 2.40. The summed E-state index contributed by atoms with van der Waals surface area (Å²) in [6, 6.07) is 14.9. The molecule has 1 aromatic heterocycles. The van der Waals surface area contributed by atoms with Crippen LogP contribution >= 0.6 is 0 Å². The highest BCUT2D eigenvalue weighted by Gasteiger charge is 2.45. The van der Waals surface area contributed by atoms with Crippen LogP contribution in [0, 0.1) is 17.2 Å². The summed E-state index contributed by atoms with van der Waals surface area (Å²) < 4.78 is 5.52. The zero-order chi connectivity index (χ0) is 19.5. The lowest BCUT2D eigenvalue weighted by Crippen LogP contribution is -2.48. The van der Waals surface area contributed by atoms with E-state index in [4.69, 9.17) is 10.00 Å². The Morgan fingerprint density at radius 3 is 2.43 bits per heavy atom. The summed E-state index contributed by atoms with van der Waals surface area (Å²) in [6.07, 6.45) is 4.29. The van der Waals surface area contributed by atoms with Crippen molar-refractivity contribution in [3.63, 3.8) is 0 Å². The summed E-state index contributed by atoms with van der Waals surface area (Å²) >= 11 is 0. The monoisotopic (exact) mass is 375 g/mol. The molecular weight excluding hydrogens is 354 g/mol. The third kappa shape index (κ3) is 3.61. The van der Waals surface area contributed by atoms with E-state index < -0.39 is 0 Å². The summed E-state index contributed by atoms with van der Waals surface area (Å²) in [4.78, 5) is 31.3. The summed E-state index contributed by atoms with van der Waals surface area (Å²) in [7, 11) is 0. The van der Waals surface area contributed by atoms with Gasteiger partial charge in [-0.1, -0.05) is 30.3 Å². The van der Waals surface area contributed by atoms with E-state index in [1.54, 1.807) is 12.1 Å². The molecule has 2 aliphatic heterocycles. The number of nitriles is 1. The van der Waals surface area contributed by atoms with E-state index in [2.05, 4.69) is 4.98 Å². The largest absolute Gasteiger partial charge is 0.445 e. The lowest BCUT2D eigenvalue weighted by Gasteiger charge is -2.37. The van der Waals surface area contributed by atoms with Gasteiger partial charge in [0.2, 0.25) is 0 Å². The van der Waals surface area contributed by atoms with Crippen molar-refractivity contribution < 1.29 is 14.3 Å². The summed E-state index contributed by atoms with van der Waals surface area (Å²) in [5, 5.41) is 8.84. The molecule has 1 aromatic carbocycles. The zero-order valence-corrected chi connectivity index (χ0v) is 15.5. The van der Waals surface area contributed by atoms with Crippen molar-refractivity contribution in [1.29, 1.82) is 5.26 Å². The molecule has 28 heavy (non-hydrogen) atoms. The van der Waals surface area contributed by atoms with Gasteiger partial charge in [-0.2, -0.15) is 5.26 Å². The highest BCUT2D eigenvalue weighted by atomic mass is 16.6. The molecule has 2 fully saturated rings. The smallest absolute Gasteiger partial charge is 0.410 e. The number of fused-ring (bicyclic) bond motifs is 2. The quantitative estimate of drug-likeness (QED) is 0.761. The molecule has 0 saturated carbocycles. The minimum atomic E-state index is -0.290. The van der Waals surface area contributed by atoms with E-state index in [0.717, 1.165) is 18.4 Å². The number of ether oxygens (including phenoxy) is 1. The SMILES string of the molecule is N#Cc1ccc(C(=O)C2CC3CCC(C2)N3C(=O)OCc2ccccc2)cn1. The van der Waals surface area contributed by atoms with Crippen LogP contribution in [0.2, 0.25) is 0 Å². The number of Topliss-reactive ketones (excluding diaryl/α,β-unsaturated/α-hetero) is 1. The first-order valence-corrected chi connectivity index (χ1v) is 9.55. The maximum Gasteiger partial charge on any atom is 0.410 e. The summed E-state index contributed by atoms with van der Waals surface area (Å²) in [5.74, 6) is -0.0726. The van der Waals surface area contributed by atoms with E-state index in [1.807, 2.05) is 41.3 Å². The second-order valence-corrected chi connectivity index (χ2v) is 7.41. The van der Waals surface area contributed by atoms with Crippen LogP contribution in [0.1, 0.15) is 47.3 Å². The van der Waals surface area contributed by atoms with Crippen LogP contribution in [0.4, 0.5) is 4.79 Å². The van der Waals surface area contributed by atoms with Crippen molar-refractivity contribution in [2.24, 2.45) is 5.92 Å². The fourth-order valence-electron chi connectivity index (χ4n) is 4.32. The average molecular weight is 375 g/mol. The van der Waals surface area contributed by atoms with Crippen LogP contribution in [0.5, 0.6) is 0 Å². The fourth-order valence-corrected chi connectivity index (χ4v) is 4.32. The van der Waals surface area contributed by atoms with Crippen LogP contribution in [0.3, 0.4) is 0 Å². The molecule has 142 valence electrons. The molecule has 4 rings (SSSR count).